The smallest absolute Gasteiger partial charge is 0.0530 e. The van der Waals surface area contributed by atoms with Gasteiger partial charge >= 0.3 is 0 Å². The first-order valence-electron chi connectivity index (χ1n) is 6.01. The molecule has 0 aromatic heterocycles. The van der Waals surface area contributed by atoms with Gasteiger partial charge in [-0.3, -0.25) is 0 Å². The van der Waals surface area contributed by atoms with Crippen LogP contribution in [0.15, 0.2) is 0 Å². The van der Waals surface area contributed by atoms with E-state index in [4.69, 9.17) is 4.74 Å². The molecule has 0 unspecified atom stereocenters. The lowest BCUT2D eigenvalue weighted by molar-refractivity contribution is 0.00902. The minimum absolute atomic E-state index is 0.452. The number of ether oxygens (including phenoxy) is 1. The molecule has 0 N–H and O–H groups in total. The summed E-state index contributed by atoms with van der Waals surface area (Å²) in [6.45, 7) is 4.14. The van der Waals surface area contributed by atoms with Gasteiger partial charge in [-0.1, -0.05) is 32.6 Å². The molecule has 1 nitrogen and oxygen atoms in total. The van der Waals surface area contributed by atoms with Gasteiger partial charge in [-0.2, -0.15) is 12.6 Å². The Balaban J connectivity index is 1.92. The molecule has 0 amide bonds. The van der Waals surface area contributed by atoms with Crippen molar-refractivity contribution in [2.24, 2.45) is 5.41 Å². The summed E-state index contributed by atoms with van der Waals surface area (Å²) in [4.78, 5) is 0. The van der Waals surface area contributed by atoms with Gasteiger partial charge in [-0.25, -0.2) is 0 Å². The van der Waals surface area contributed by atoms with Gasteiger partial charge in [0, 0.05) is 12.0 Å². The summed E-state index contributed by atoms with van der Waals surface area (Å²) in [5, 5.41) is 0. The average molecular weight is 216 g/mol. The number of unbranched alkanes of at least 4 members (excludes halogenated alkanes) is 3. The van der Waals surface area contributed by atoms with Gasteiger partial charge in [0.05, 0.1) is 6.61 Å². The quantitative estimate of drug-likeness (QED) is 0.481. The zero-order valence-electron chi connectivity index (χ0n) is 9.43. The lowest BCUT2D eigenvalue weighted by Gasteiger charge is -2.40. The second-order valence-electron chi connectivity index (χ2n) is 4.62. The zero-order valence-corrected chi connectivity index (χ0v) is 10.3. The summed E-state index contributed by atoms with van der Waals surface area (Å²) in [5.41, 5.74) is 0.452. The Bertz CT molecular complexity index is 138. The van der Waals surface area contributed by atoms with Gasteiger partial charge in [-0.05, 0) is 25.0 Å². The fourth-order valence-corrected chi connectivity index (χ4v) is 2.35. The highest BCUT2D eigenvalue weighted by molar-refractivity contribution is 7.80. The Morgan fingerprint density at radius 2 is 2.00 bits per heavy atom. The van der Waals surface area contributed by atoms with Crippen molar-refractivity contribution in [1.82, 2.24) is 0 Å². The Hall–Kier alpha value is 0.310. The fourth-order valence-electron chi connectivity index (χ4n) is 1.94. The van der Waals surface area contributed by atoms with Gasteiger partial charge in [0.2, 0.25) is 0 Å². The molecule has 0 aliphatic heterocycles. The highest BCUT2D eigenvalue weighted by Gasteiger charge is 2.35. The lowest BCUT2D eigenvalue weighted by atomic mass is 9.71. The lowest BCUT2D eigenvalue weighted by Crippen LogP contribution is -2.36. The van der Waals surface area contributed by atoms with Crippen molar-refractivity contribution in [2.75, 3.05) is 19.0 Å². The largest absolute Gasteiger partial charge is 0.381 e. The van der Waals surface area contributed by atoms with E-state index in [0.717, 1.165) is 19.0 Å². The van der Waals surface area contributed by atoms with Crippen LogP contribution in [0.2, 0.25) is 0 Å². The molecule has 0 aromatic carbocycles. The maximum absolute atomic E-state index is 5.73. The Kier molecular flexibility index (Phi) is 5.95. The van der Waals surface area contributed by atoms with E-state index in [9.17, 15) is 0 Å². The molecule has 1 saturated carbocycles. The van der Waals surface area contributed by atoms with E-state index < -0.39 is 0 Å². The molecule has 84 valence electrons. The summed E-state index contributed by atoms with van der Waals surface area (Å²) in [5.74, 6) is 1.00. The van der Waals surface area contributed by atoms with Crippen molar-refractivity contribution in [3.8, 4) is 0 Å². The molecule has 14 heavy (non-hydrogen) atoms. The maximum Gasteiger partial charge on any atom is 0.0530 e. The number of hydrogen-bond acceptors (Lipinski definition) is 2. The predicted molar refractivity (Wildman–Crippen MR) is 65.1 cm³/mol. The van der Waals surface area contributed by atoms with Crippen LogP contribution in [0.4, 0.5) is 0 Å². The standard InChI is InChI=1S/C12H24OS/c1-2-3-4-5-9-13-10-12(11-14)7-6-8-12/h14H,2-11H2,1H3. The molecular weight excluding hydrogens is 192 g/mol. The van der Waals surface area contributed by atoms with Crippen LogP contribution in [0.5, 0.6) is 0 Å². The first-order chi connectivity index (χ1) is 6.83. The van der Waals surface area contributed by atoms with Crippen molar-refractivity contribution in [2.45, 2.75) is 51.9 Å². The number of thiol groups is 1. The van der Waals surface area contributed by atoms with E-state index in [-0.39, 0.29) is 0 Å². The third-order valence-electron chi connectivity index (χ3n) is 3.30. The van der Waals surface area contributed by atoms with Crippen LogP contribution in [0, 0.1) is 5.41 Å². The summed E-state index contributed by atoms with van der Waals surface area (Å²) in [6, 6.07) is 0. The summed E-state index contributed by atoms with van der Waals surface area (Å²) >= 11 is 4.41. The Morgan fingerprint density at radius 3 is 2.50 bits per heavy atom. The van der Waals surface area contributed by atoms with Crippen molar-refractivity contribution in [3.05, 3.63) is 0 Å². The van der Waals surface area contributed by atoms with Crippen LogP contribution >= 0.6 is 12.6 Å². The van der Waals surface area contributed by atoms with Gasteiger partial charge in [0.25, 0.3) is 0 Å². The summed E-state index contributed by atoms with van der Waals surface area (Å²) in [7, 11) is 0. The molecule has 0 bridgehead atoms. The second-order valence-corrected chi connectivity index (χ2v) is 4.94. The van der Waals surface area contributed by atoms with E-state index in [1.165, 1.54) is 44.9 Å². The molecule has 0 spiro atoms. The Morgan fingerprint density at radius 1 is 1.21 bits per heavy atom. The first-order valence-corrected chi connectivity index (χ1v) is 6.65. The number of rotatable bonds is 8. The highest BCUT2D eigenvalue weighted by Crippen LogP contribution is 2.41. The average Bonchev–Trinajstić information content (AvgIpc) is 2.15. The minimum atomic E-state index is 0.452. The van der Waals surface area contributed by atoms with Gasteiger partial charge in [-0.15, -0.1) is 0 Å². The van der Waals surface area contributed by atoms with Crippen molar-refractivity contribution in [1.29, 1.82) is 0 Å². The number of hydrogen-bond donors (Lipinski definition) is 1. The second kappa shape index (κ2) is 6.73. The monoisotopic (exact) mass is 216 g/mol. The molecule has 0 saturated heterocycles. The van der Waals surface area contributed by atoms with E-state index in [0.29, 0.717) is 5.41 Å². The van der Waals surface area contributed by atoms with Gasteiger partial charge in [0.15, 0.2) is 0 Å². The van der Waals surface area contributed by atoms with E-state index in [1.54, 1.807) is 0 Å². The van der Waals surface area contributed by atoms with Crippen molar-refractivity contribution in [3.63, 3.8) is 0 Å². The minimum Gasteiger partial charge on any atom is -0.381 e. The van der Waals surface area contributed by atoms with E-state index >= 15 is 0 Å². The molecule has 0 atom stereocenters. The normalized spacial score (nSPS) is 19.3. The Labute approximate surface area is 94.0 Å². The van der Waals surface area contributed by atoms with Crippen LogP contribution in [0.25, 0.3) is 0 Å². The molecule has 1 fully saturated rings. The molecular formula is C12H24OS. The van der Waals surface area contributed by atoms with Crippen LogP contribution in [-0.2, 0) is 4.74 Å². The molecule has 1 aliphatic rings. The summed E-state index contributed by atoms with van der Waals surface area (Å²) < 4.78 is 5.73. The SMILES string of the molecule is CCCCCCOCC1(CS)CCC1. The first kappa shape index (κ1) is 12.4. The van der Waals surface area contributed by atoms with Crippen molar-refractivity contribution < 1.29 is 4.74 Å². The predicted octanol–water partition coefficient (Wildman–Crippen LogP) is 3.68. The fraction of sp³-hybridized carbons (Fsp3) is 1.00. The third kappa shape index (κ3) is 3.82. The van der Waals surface area contributed by atoms with Crippen LogP contribution in [-0.4, -0.2) is 19.0 Å². The molecule has 0 heterocycles. The highest BCUT2D eigenvalue weighted by atomic mass is 32.1. The van der Waals surface area contributed by atoms with Crippen molar-refractivity contribution >= 4 is 12.6 Å². The topological polar surface area (TPSA) is 9.23 Å². The van der Waals surface area contributed by atoms with Gasteiger partial charge in [0.1, 0.15) is 0 Å². The van der Waals surface area contributed by atoms with E-state index in [1.807, 2.05) is 0 Å². The van der Waals surface area contributed by atoms with Crippen LogP contribution in [0.3, 0.4) is 0 Å². The van der Waals surface area contributed by atoms with Crippen LogP contribution < -0.4 is 0 Å². The van der Waals surface area contributed by atoms with E-state index in [2.05, 4.69) is 19.6 Å². The molecule has 2 heteroatoms. The van der Waals surface area contributed by atoms with Gasteiger partial charge < -0.3 is 4.74 Å². The molecule has 1 aliphatic carbocycles. The summed E-state index contributed by atoms with van der Waals surface area (Å²) in [6.07, 6.45) is 9.24. The maximum atomic E-state index is 5.73. The molecule has 0 aromatic rings. The molecule has 0 radical (unpaired) electrons. The molecule has 1 rings (SSSR count). The van der Waals surface area contributed by atoms with Crippen LogP contribution in [0.1, 0.15) is 51.9 Å². The zero-order chi connectivity index (χ0) is 10.3. The third-order valence-corrected chi connectivity index (χ3v) is 3.97.